The predicted molar refractivity (Wildman–Crippen MR) is 152 cm³/mol. The molecule has 13 nitrogen and oxygen atoms in total. The molecule has 234 valence electrons. The third-order valence-corrected chi connectivity index (χ3v) is 6.04. The van der Waals surface area contributed by atoms with E-state index in [1.54, 1.807) is 12.1 Å². The van der Waals surface area contributed by atoms with E-state index in [9.17, 15) is 28.8 Å². The molecule has 0 fully saturated rings. The first-order valence-electron chi connectivity index (χ1n) is 13.5. The maximum absolute atomic E-state index is 13.3. The second-order valence-electron chi connectivity index (χ2n) is 9.79. The summed E-state index contributed by atoms with van der Waals surface area (Å²) in [6, 6.07) is 13.0. The molecule has 2 atom stereocenters. The van der Waals surface area contributed by atoms with Crippen LogP contribution >= 0.6 is 0 Å². The van der Waals surface area contributed by atoms with E-state index in [0.717, 1.165) is 20.8 Å². The van der Waals surface area contributed by atoms with Crippen molar-refractivity contribution < 1.29 is 61.9 Å². The first kappa shape index (κ1) is 32.2. The molecule has 0 amide bonds. The summed E-state index contributed by atoms with van der Waals surface area (Å²) in [5.41, 5.74) is 0.914. The van der Waals surface area contributed by atoms with E-state index in [2.05, 4.69) is 0 Å². The normalized spacial score (nSPS) is 15.0. The lowest BCUT2D eigenvalue weighted by atomic mass is 9.93. The molecule has 1 aliphatic rings. The molecule has 45 heavy (non-hydrogen) atoms. The third kappa shape index (κ3) is 8.44. The second-order valence-corrected chi connectivity index (χ2v) is 9.79. The van der Waals surface area contributed by atoms with Gasteiger partial charge in [-0.2, -0.15) is 0 Å². The molecular formula is C32H28O13. The first-order valence-corrected chi connectivity index (χ1v) is 13.5. The van der Waals surface area contributed by atoms with Crippen LogP contribution in [0.4, 0.5) is 0 Å². The Hall–Kier alpha value is -5.72. The number of fused-ring (bicyclic) bond motifs is 1. The molecule has 0 spiro atoms. The van der Waals surface area contributed by atoms with Gasteiger partial charge in [-0.1, -0.05) is 0 Å². The number of hydrogen-bond acceptors (Lipinski definition) is 13. The van der Waals surface area contributed by atoms with Gasteiger partial charge in [0.05, 0.1) is 5.56 Å². The molecule has 0 saturated heterocycles. The van der Waals surface area contributed by atoms with Crippen molar-refractivity contribution in [3.05, 3.63) is 71.3 Å². The van der Waals surface area contributed by atoms with Crippen LogP contribution in [0.15, 0.2) is 54.6 Å². The van der Waals surface area contributed by atoms with Crippen LogP contribution in [0.1, 0.15) is 62.2 Å². The Morgan fingerprint density at radius 3 is 1.67 bits per heavy atom. The van der Waals surface area contributed by atoms with E-state index in [1.165, 1.54) is 56.3 Å². The van der Waals surface area contributed by atoms with Crippen molar-refractivity contribution in [2.24, 2.45) is 0 Å². The van der Waals surface area contributed by atoms with Gasteiger partial charge in [0.15, 0.2) is 17.6 Å². The SMILES string of the molecule is CC(=O)Oc1ccc(C(=O)O[C@H]2Cc3cc(OC(C)=O)ccc3O[C@H]2c2cc(OC(C)=O)c(OC(C)=O)c(OC(C)=O)c2)cc1. The lowest BCUT2D eigenvalue weighted by Gasteiger charge is -2.34. The summed E-state index contributed by atoms with van der Waals surface area (Å²) < 4.78 is 38.2. The highest BCUT2D eigenvalue weighted by Crippen LogP contribution is 2.45. The summed E-state index contributed by atoms with van der Waals surface area (Å²) in [6.07, 6.45) is -2.04. The molecule has 0 radical (unpaired) electrons. The van der Waals surface area contributed by atoms with Crippen LogP contribution in [0, 0.1) is 0 Å². The molecule has 1 heterocycles. The topological polar surface area (TPSA) is 167 Å². The van der Waals surface area contributed by atoms with Gasteiger partial charge in [-0.25, -0.2) is 4.79 Å². The van der Waals surface area contributed by atoms with Crippen molar-refractivity contribution >= 4 is 35.8 Å². The number of carbonyl (C=O) groups excluding carboxylic acids is 6. The van der Waals surface area contributed by atoms with Crippen LogP contribution in [0.3, 0.4) is 0 Å². The smallest absolute Gasteiger partial charge is 0.338 e. The van der Waals surface area contributed by atoms with Crippen LogP contribution in [0.5, 0.6) is 34.5 Å². The van der Waals surface area contributed by atoms with E-state index < -0.39 is 48.0 Å². The molecule has 0 N–H and O–H groups in total. The minimum atomic E-state index is -1.07. The van der Waals surface area contributed by atoms with Crippen LogP contribution in [-0.4, -0.2) is 41.9 Å². The maximum atomic E-state index is 13.3. The fourth-order valence-corrected chi connectivity index (χ4v) is 4.48. The summed E-state index contributed by atoms with van der Waals surface area (Å²) in [6.45, 7) is 5.86. The molecule has 3 aromatic rings. The minimum absolute atomic E-state index is 0.0733. The number of esters is 6. The summed E-state index contributed by atoms with van der Waals surface area (Å²) in [4.78, 5) is 71.8. The average Bonchev–Trinajstić information content (AvgIpc) is 2.93. The first-order chi connectivity index (χ1) is 21.3. The largest absolute Gasteiger partial charge is 0.482 e. The molecule has 0 unspecified atom stereocenters. The Morgan fingerprint density at radius 1 is 0.622 bits per heavy atom. The van der Waals surface area contributed by atoms with Gasteiger partial charge in [0.1, 0.15) is 23.4 Å². The Labute approximate surface area is 256 Å². The zero-order valence-electron chi connectivity index (χ0n) is 24.9. The van der Waals surface area contributed by atoms with Crippen LogP contribution in [-0.2, 0) is 35.1 Å². The Morgan fingerprint density at radius 2 is 1.13 bits per heavy atom. The van der Waals surface area contributed by atoms with Gasteiger partial charge in [-0.3, -0.25) is 24.0 Å². The van der Waals surface area contributed by atoms with E-state index in [4.69, 9.17) is 33.2 Å². The third-order valence-electron chi connectivity index (χ3n) is 6.04. The Balaban J connectivity index is 1.79. The predicted octanol–water partition coefficient (Wildman–Crippen LogP) is 4.21. The Kier molecular flexibility index (Phi) is 9.81. The number of rotatable bonds is 8. The summed E-state index contributed by atoms with van der Waals surface area (Å²) >= 11 is 0. The maximum Gasteiger partial charge on any atom is 0.338 e. The fourth-order valence-electron chi connectivity index (χ4n) is 4.48. The number of carbonyl (C=O) groups is 6. The van der Waals surface area contributed by atoms with Gasteiger partial charge in [-0.15, -0.1) is 0 Å². The van der Waals surface area contributed by atoms with E-state index in [0.29, 0.717) is 11.3 Å². The van der Waals surface area contributed by atoms with Gasteiger partial charge in [0.2, 0.25) is 5.75 Å². The quantitative estimate of drug-likeness (QED) is 0.260. The number of ether oxygens (including phenoxy) is 7. The van der Waals surface area contributed by atoms with Crippen molar-refractivity contribution in [2.75, 3.05) is 0 Å². The van der Waals surface area contributed by atoms with Crippen LogP contribution in [0.2, 0.25) is 0 Å². The lowest BCUT2D eigenvalue weighted by Crippen LogP contribution is -2.35. The zero-order chi connectivity index (χ0) is 32.8. The van der Waals surface area contributed by atoms with Gasteiger partial charge in [0, 0.05) is 52.2 Å². The Bertz CT molecular complexity index is 1640. The fraction of sp³-hybridized carbons (Fsp3) is 0.250. The molecule has 0 bridgehead atoms. The average molecular weight is 621 g/mol. The van der Waals surface area contributed by atoms with Gasteiger partial charge < -0.3 is 33.2 Å². The van der Waals surface area contributed by atoms with Crippen molar-refractivity contribution in [1.82, 2.24) is 0 Å². The standard InChI is InChI=1S/C32H28O13/c1-16(33)39-24-8-6-21(7-9-24)32(38)45-27-13-22-12-25(40-17(2)34)10-11-26(22)44-30(27)23-14-28(41-18(3)35)31(43-20(5)37)29(15-23)42-19(4)36/h6-12,14-15,27,30H,13H2,1-5H3/t27-,30-/m0/s1. The molecule has 0 aliphatic carbocycles. The van der Waals surface area contributed by atoms with Gasteiger partial charge in [0.25, 0.3) is 0 Å². The summed E-state index contributed by atoms with van der Waals surface area (Å²) in [7, 11) is 0. The highest BCUT2D eigenvalue weighted by Gasteiger charge is 2.37. The highest BCUT2D eigenvalue weighted by atomic mass is 16.6. The molecule has 0 saturated carbocycles. The molecule has 3 aromatic carbocycles. The molecule has 4 rings (SSSR count). The highest BCUT2D eigenvalue weighted by molar-refractivity contribution is 5.90. The van der Waals surface area contributed by atoms with Crippen molar-refractivity contribution in [2.45, 2.75) is 53.2 Å². The van der Waals surface area contributed by atoms with E-state index in [1.807, 2.05) is 0 Å². The van der Waals surface area contributed by atoms with Crippen LogP contribution < -0.4 is 28.4 Å². The number of benzene rings is 3. The molecule has 0 aromatic heterocycles. The zero-order valence-corrected chi connectivity index (χ0v) is 24.9. The number of hydrogen-bond donors (Lipinski definition) is 0. The minimum Gasteiger partial charge on any atom is -0.482 e. The second kappa shape index (κ2) is 13.7. The van der Waals surface area contributed by atoms with Crippen molar-refractivity contribution in [1.29, 1.82) is 0 Å². The van der Waals surface area contributed by atoms with Crippen molar-refractivity contribution in [3.63, 3.8) is 0 Å². The van der Waals surface area contributed by atoms with E-state index in [-0.39, 0.29) is 46.3 Å². The molecule has 13 heteroatoms. The molecule has 1 aliphatic heterocycles. The monoisotopic (exact) mass is 620 g/mol. The summed E-state index contributed by atoms with van der Waals surface area (Å²) in [5, 5.41) is 0. The lowest BCUT2D eigenvalue weighted by molar-refractivity contribution is -0.135. The molecular weight excluding hydrogens is 592 g/mol. The van der Waals surface area contributed by atoms with Gasteiger partial charge >= 0.3 is 35.8 Å². The van der Waals surface area contributed by atoms with Gasteiger partial charge in [-0.05, 0) is 54.6 Å². The van der Waals surface area contributed by atoms with Crippen LogP contribution in [0.25, 0.3) is 0 Å². The van der Waals surface area contributed by atoms with Crippen molar-refractivity contribution in [3.8, 4) is 34.5 Å². The summed E-state index contributed by atoms with van der Waals surface area (Å²) in [5.74, 6) is -4.10. The van der Waals surface area contributed by atoms with E-state index >= 15 is 0 Å².